The van der Waals surface area contributed by atoms with E-state index in [1.54, 1.807) is 6.21 Å². The van der Waals surface area contributed by atoms with Crippen LogP contribution >= 0.6 is 0 Å². The summed E-state index contributed by atoms with van der Waals surface area (Å²) in [5.74, 6) is 5.86. The van der Waals surface area contributed by atoms with E-state index in [0.717, 1.165) is 52.9 Å². The number of piperidine rings is 1. The van der Waals surface area contributed by atoms with Crippen LogP contribution in [0.4, 0.5) is 0 Å². The number of nitrogens with zero attached hydrogens (tertiary/aromatic N) is 3. The minimum Gasteiger partial charge on any atom is -0.404 e. The van der Waals surface area contributed by atoms with Crippen molar-refractivity contribution >= 4 is 11.8 Å². The van der Waals surface area contributed by atoms with Crippen LogP contribution in [-0.4, -0.2) is 27.5 Å². The van der Waals surface area contributed by atoms with Gasteiger partial charge in [0.1, 0.15) is 0 Å². The highest BCUT2D eigenvalue weighted by Gasteiger charge is 2.37. The van der Waals surface area contributed by atoms with Gasteiger partial charge in [0.25, 0.3) is 0 Å². The van der Waals surface area contributed by atoms with E-state index in [2.05, 4.69) is 73.4 Å². The predicted molar refractivity (Wildman–Crippen MR) is 125 cm³/mol. The Morgan fingerprint density at radius 2 is 1.83 bits per heavy atom. The number of aryl methyl sites for hydroxylation is 1. The highest BCUT2D eigenvalue weighted by atomic mass is 15.1. The molecule has 0 unspecified atom stereocenters. The summed E-state index contributed by atoms with van der Waals surface area (Å²) in [6, 6.07) is 10.3. The molecule has 0 spiro atoms. The highest BCUT2D eigenvalue weighted by Crippen LogP contribution is 2.34. The molecule has 30 heavy (non-hydrogen) atoms. The van der Waals surface area contributed by atoms with Gasteiger partial charge in [-0.05, 0) is 83.1 Å². The van der Waals surface area contributed by atoms with Gasteiger partial charge in [0.15, 0.2) is 0 Å². The molecule has 0 aliphatic carbocycles. The molecule has 5 N–H and O–H groups in total. The maximum atomic E-state index is 5.68. The lowest BCUT2D eigenvalue weighted by Gasteiger charge is -2.46. The van der Waals surface area contributed by atoms with Crippen LogP contribution in [0.15, 0.2) is 41.6 Å². The standard InChI is InChI=1S/C24H34N6/c1-16-10-18(19(14-25)15-27-26)6-8-21(16)22-9-7-20(28-29-22)11-17-12-23(2,3)30-24(4,5)13-17/h6-10,14-15,17,30H,11-13,25-26H2,1-5H3. The second-order valence-corrected chi connectivity index (χ2v) is 9.71. The van der Waals surface area contributed by atoms with Crippen molar-refractivity contribution in [3.63, 3.8) is 0 Å². The summed E-state index contributed by atoms with van der Waals surface area (Å²) < 4.78 is 0. The maximum absolute atomic E-state index is 5.68. The van der Waals surface area contributed by atoms with E-state index in [9.17, 15) is 0 Å². The monoisotopic (exact) mass is 406 g/mol. The number of hydrogen-bond acceptors (Lipinski definition) is 6. The Bertz CT molecular complexity index is 925. The summed E-state index contributed by atoms with van der Waals surface area (Å²) in [6.07, 6.45) is 6.30. The van der Waals surface area contributed by atoms with Crippen molar-refractivity contribution in [2.24, 2.45) is 22.6 Å². The van der Waals surface area contributed by atoms with E-state index in [4.69, 9.17) is 11.6 Å². The zero-order chi connectivity index (χ0) is 21.9. The Labute approximate surface area is 179 Å². The quantitative estimate of drug-likeness (QED) is 0.398. The first-order valence-corrected chi connectivity index (χ1v) is 10.5. The lowest BCUT2D eigenvalue weighted by atomic mass is 9.74. The predicted octanol–water partition coefficient (Wildman–Crippen LogP) is 3.80. The van der Waals surface area contributed by atoms with Crippen LogP contribution in [0.3, 0.4) is 0 Å². The largest absolute Gasteiger partial charge is 0.404 e. The molecule has 1 aliphatic heterocycles. The summed E-state index contributed by atoms with van der Waals surface area (Å²) in [4.78, 5) is 0. The average Bonchev–Trinajstić information content (AvgIpc) is 2.64. The molecule has 1 aromatic heterocycles. The third-order valence-electron chi connectivity index (χ3n) is 5.72. The Balaban J connectivity index is 1.76. The molecule has 1 saturated heterocycles. The second-order valence-electron chi connectivity index (χ2n) is 9.71. The van der Waals surface area contributed by atoms with Crippen LogP contribution in [-0.2, 0) is 6.42 Å². The molecular weight excluding hydrogens is 372 g/mol. The topological polar surface area (TPSA) is 102 Å². The molecule has 1 aromatic carbocycles. The molecule has 0 saturated carbocycles. The van der Waals surface area contributed by atoms with Crippen molar-refractivity contribution in [3.8, 4) is 11.3 Å². The second kappa shape index (κ2) is 8.56. The van der Waals surface area contributed by atoms with Gasteiger partial charge in [-0.15, -0.1) is 0 Å². The Kier molecular flexibility index (Phi) is 6.27. The molecule has 0 atom stereocenters. The maximum Gasteiger partial charge on any atom is 0.0932 e. The lowest BCUT2D eigenvalue weighted by Crippen LogP contribution is -2.58. The van der Waals surface area contributed by atoms with E-state index >= 15 is 0 Å². The molecule has 0 radical (unpaired) electrons. The van der Waals surface area contributed by atoms with Gasteiger partial charge < -0.3 is 16.9 Å². The minimum absolute atomic E-state index is 0.143. The number of hydrazone groups is 1. The Morgan fingerprint density at radius 3 is 2.37 bits per heavy atom. The fraction of sp³-hybridized carbons (Fsp3) is 0.458. The smallest absolute Gasteiger partial charge is 0.0932 e. The zero-order valence-corrected chi connectivity index (χ0v) is 18.7. The molecule has 0 bridgehead atoms. The normalized spacial score (nSPS) is 19.3. The number of aromatic nitrogens is 2. The number of benzene rings is 1. The van der Waals surface area contributed by atoms with E-state index in [0.29, 0.717) is 5.92 Å². The van der Waals surface area contributed by atoms with E-state index in [1.165, 1.54) is 6.20 Å². The number of hydrogen-bond donors (Lipinski definition) is 3. The minimum atomic E-state index is 0.143. The van der Waals surface area contributed by atoms with Crippen LogP contribution in [0.1, 0.15) is 57.4 Å². The van der Waals surface area contributed by atoms with Crippen molar-refractivity contribution in [2.45, 2.75) is 65.0 Å². The zero-order valence-electron chi connectivity index (χ0n) is 18.7. The number of nitrogens with two attached hydrogens (primary N) is 2. The fourth-order valence-corrected chi connectivity index (χ4v) is 5.01. The van der Waals surface area contributed by atoms with Crippen LogP contribution < -0.4 is 16.9 Å². The van der Waals surface area contributed by atoms with Crippen molar-refractivity contribution in [1.29, 1.82) is 0 Å². The summed E-state index contributed by atoms with van der Waals surface area (Å²) in [6.45, 7) is 11.2. The summed E-state index contributed by atoms with van der Waals surface area (Å²) >= 11 is 0. The molecule has 1 aliphatic rings. The van der Waals surface area contributed by atoms with Crippen molar-refractivity contribution in [1.82, 2.24) is 15.5 Å². The summed E-state index contributed by atoms with van der Waals surface area (Å²) in [5.41, 5.74) is 11.8. The first kappa shape index (κ1) is 22.0. The summed E-state index contributed by atoms with van der Waals surface area (Å²) in [7, 11) is 0. The van der Waals surface area contributed by atoms with Crippen LogP contribution in [0.2, 0.25) is 0 Å². The first-order valence-electron chi connectivity index (χ1n) is 10.5. The van der Waals surface area contributed by atoms with E-state index in [1.807, 2.05) is 12.1 Å². The third-order valence-corrected chi connectivity index (χ3v) is 5.72. The van der Waals surface area contributed by atoms with Gasteiger partial charge in [0, 0.05) is 28.4 Å². The molecule has 1 fully saturated rings. The van der Waals surface area contributed by atoms with E-state index in [-0.39, 0.29) is 11.1 Å². The van der Waals surface area contributed by atoms with Gasteiger partial charge in [-0.3, -0.25) is 0 Å². The number of nitrogens with one attached hydrogen (secondary N) is 1. The Morgan fingerprint density at radius 1 is 1.13 bits per heavy atom. The SMILES string of the molecule is Cc1cc(C(C=NN)=CN)ccc1-c1ccc(CC2CC(C)(C)NC(C)(C)C2)nn1. The summed E-state index contributed by atoms with van der Waals surface area (Å²) in [5, 5.41) is 16.4. The molecular formula is C24H34N6. The molecule has 0 amide bonds. The molecule has 3 rings (SSSR count). The van der Waals surface area contributed by atoms with Crippen molar-refractivity contribution in [3.05, 3.63) is 53.4 Å². The lowest BCUT2D eigenvalue weighted by molar-refractivity contribution is 0.128. The van der Waals surface area contributed by atoms with Gasteiger partial charge in [-0.25, -0.2) is 0 Å². The van der Waals surface area contributed by atoms with Gasteiger partial charge in [0.2, 0.25) is 0 Å². The Hall–Kier alpha value is -2.73. The molecule has 2 aromatic rings. The fourth-order valence-electron chi connectivity index (χ4n) is 5.01. The molecule has 160 valence electrons. The number of rotatable bonds is 5. The van der Waals surface area contributed by atoms with Gasteiger partial charge >= 0.3 is 0 Å². The van der Waals surface area contributed by atoms with Gasteiger partial charge in [-0.2, -0.15) is 15.3 Å². The first-order chi connectivity index (χ1) is 14.1. The van der Waals surface area contributed by atoms with Gasteiger partial charge in [0.05, 0.1) is 17.6 Å². The molecule has 2 heterocycles. The van der Waals surface area contributed by atoms with Crippen LogP contribution in [0.5, 0.6) is 0 Å². The molecule has 6 nitrogen and oxygen atoms in total. The van der Waals surface area contributed by atoms with Crippen molar-refractivity contribution in [2.75, 3.05) is 0 Å². The van der Waals surface area contributed by atoms with E-state index < -0.39 is 0 Å². The molecule has 6 heteroatoms. The number of allylic oxidation sites excluding steroid dienone is 1. The third kappa shape index (κ3) is 5.25. The van der Waals surface area contributed by atoms with Gasteiger partial charge in [-0.1, -0.05) is 18.2 Å². The highest BCUT2D eigenvalue weighted by molar-refractivity contribution is 6.09. The van der Waals surface area contributed by atoms with Crippen LogP contribution in [0, 0.1) is 12.8 Å². The van der Waals surface area contributed by atoms with Crippen LogP contribution in [0.25, 0.3) is 16.8 Å². The average molecular weight is 407 g/mol. The van der Waals surface area contributed by atoms with Crippen molar-refractivity contribution < 1.29 is 0 Å².